The highest BCUT2D eigenvalue weighted by Crippen LogP contribution is 2.25. The lowest BCUT2D eigenvalue weighted by Gasteiger charge is -2.11. The van der Waals surface area contributed by atoms with Crippen LogP contribution in [0.4, 0.5) is 0 Å². The lowest BCUT2D eigenvalue weighted by atomic mass is 10.2. The van der Waals surface area contributed by atoms with Crippen LogP contribution in [0.3, 0.4) is 0 Å². The van der Waals surface area contributed by atoms with E-state index in [2.05, 4.69) is 18.9 Å². The van der Waals surface area contributed by atoms with Gasteiger partial charge in [0.05, 0.1) is 6.61 Å². The average Bonchev–Trinajstić information content (AvgIpc) is 2.29. The van der Waals surface area contributed by atoms with E-state index >= 15 is 0 Å². The van der Waals surface area contributed by atoms with E-state index in [9.17, 15) is 4.89 Å². The molecule has 16 heavy (non-hydrogen) atoms. The SMILES string of the molecule is CCCCCCCNP(O)OCCCCC. The Morgan fingerprint density at radius 1 is 0.938 bits per heavy atom. The topological polar surface area (TPSA) is 41.5 Å². The van der Waals surface area contributed by atoms with E-state index in [1.54, 1.807) is 0 Å². The van der Waals surface area contributed by atoms with E-state index in [-0.39, 0.29) is 0 Å². The zero-order valence-corrected chi connectivity index (χ0v) is 11.8. The van der Waals surface area contributed by atoms with E-state index < -0.39 is 8.53 Å². The Kier molecular flexibility index (Phi) is 13.6. The number of nitrogens with one attached hydrogen (secondary N) is 1. The first-order chi connectivity index (χ1) is 7.81. The molecule has 1 unspecified atom stereocenters. The summed E-state index contributed by atoms with van der Waals surface area (Å²) in [6.07, 6.45) is 9.71. The summed E-state index contributed by atoms with van der Waals surface area (Å²) in [6.45, 7) is 5.93. The highest BCUT2D eigenvalue weighted by atomic mass is 31.2. The molecule has 0 saturated heterocycles. The molecule has 0 aliphatic heterocycles. The molecule has 0 aromatic rings. The molecule has 0 aromatic carbocycles. The maximum Gasteiger partial charge on any atom is 0.253 e. The van der Waals surface area contributed by atoms with Crippen molar-refractivity contribution >= 4 is 8.53 Å². The lowest BCUT2D eigenvalue weighted by molar-refractivity contribution is 0.292. The summed E-state index contributed by atoms with van der Waals surface area (Å²) in [5.41, 5.74) is 0. The summed E-state index contributed by atoms with van der Waals surface area (Å²) in [5, 5.41) is 3.03. The molecule has 3 nitrogen and oxygen atoms in total. The summed E-state index contributed by atoms with van der Waals surface area (Å²) < 4.78 is 5.28. The fourth-order valence-electron chi connectivity index (χ4n) is 1.45. The molecule has 98 valence electrons. The molecule has 0 rings (SSSR count). The standard InChI is InChI=1S/C12H28NO2P/c1-3-5-7-8-9-11-13-16(14)15-12-10-6-4-2/h13-14H,3-12H2,1-2H3. The van der Waals surface area contributed by atoms with Crippen molar-refractivity contribution in [1.29, 1.82) is 0 Å². The predicted molar refractivity (Wildman–Crippen MR) is 71.4 cm³/mol. The fourth-order valence-corrected chi connectivity index (χ4v) is 2.19. The van der Waals surface area contributed by atoms with Crippen molar-refractivity contribution < 1.29 is 9.42 Å². The molecule has 0 amide bonds. The van der Waals surface area contributed by atoms with Gasteiger partial charge in [0.15, 0.2) is 0 Å². The molecule has 2 N–H and O–H groups in total. The summed E-state index contributed by atoms with van der Waals surface area (Å²) >= 11 is 0. The third-order valence-corrected chi connectivity index (χ3v) is 3.41. The predicted octanol–water partition coefficient (Wildman–Crippen LogP) is 3.97. The normalized spacial score (nSPS) is 12.9. The molecule has 0 aliphatic rings. The molecular formula is C12H28NO2P. The number of rotatable bonds is 12. The van der Waals surface area contributed by atoms with Crippen molar-refractivity contribution in [2.75, 3.05) is 13.2 Å². The monoisotopic (exact) mass is 249 g/mol. The third kappa shape index (κ3) is 12.4. The summed E-state index contributed by atoms with van der Waals surface area (Å²) in [5.74, 6) is 0. The van der Waals surface area contributed by atoms with Gasteiger partial charge in [0.25, 0.3) is 8.53 Å². The molecule has 0 saturated carbocycles. The molecular weight excluding hydrogens is 221 g/mol. The van der Waals surface area contributed by atoms with E-state index in [0.29, 0.717) is 6.61 Å². The van der Waals surface area contributed by atoms with Gasteiger partial charge in [-0.3, -0.25) is 5.09 Å². The van der Waals surface area contributed by atoms with Gasteiger partial charge in [-0.2, -0.15) is 0 Å². The van der Waals surface area contributed by atoms with Gasteiger partial charge in [-0.1, -0.05) is 52.4 Å². The maximum atomic E-state index is 9.48. The van der Waals surface area contributed by atoms with Crippen molar-refractivity contribution in [3.05, 3.63) is 0 Å². The van der Waals surface area contributed by atoms with Gasteiger partial charge in [0.1, 0.15) is 0 Å². The first kappa shape index (κ1) is 16.3. The Bertz CT molecular complexity index is 136. The van der Waals surface area contributed by atoms with E-state index in [4.69, 9.17) is 4.52 Å². The molecule has 0 heterocycles. The first-order valence-corrected chi connectivity index (χ1v) is 7.87. The Labute approximate surface area is 102 Å². The van der Waals surface area contributed by atoms with Gasteiger partial charge in [-0.05, 0) is 12.8 Å². The van der Waals surface area contributed by atoms with Crippen molar-refractivity contribution in [2.24, 2.45) is 0 Å². The average molecular weight is 249 g/mol. The Morgan fingerprint density at radius 3 is 2.25 bits per heavy atom. The minimum atomic E-state index is -1.37. The van der Waals surface area contributed by atoms with E-state index in [0.717, 1.165) is 19.4 Å². The maximum absolute atomic E-state index is 9.48. The number of hydrogen-bond donors (Lipinski definition) is 2. The van der Waals surface area contributed by atoms with Gasteiger partial charge in [0.2, 0.25) is 0 Å². The molecule has 0 spiro atoms. The molecule has 0 fully saturated rings. The number of unbranched alkanes of at least 4 members (excludes halogenated alkanes) is 6. The summed E-state index contributed by atoms with van der Waals surface area (Å²) in [4.78, 5) is 9.48. The quantitative estimate of drug-likeness (QED) is 0.406. The summed E-state index contributed by atoms with van der Waals surface area (Å²) in [7, 11) is -1.37. The van der Waals surface area contributed by atoms with Crippen LogP contribution in [0.2, 0.25) is 0 Å². The zero-order valence-electron chi connectivity index (χ0n) is 10.9. The minimum Gasteiger partial charge on any atom is -0.338 e. The van der Waals surface area contributed by atoms with Gasteiger partial charge < -0.3 is 9.42 Å². The van der Waals surface area contributed by atoms with Crippen LogP contribution in [-0.4, -0.2) is 18.0 Å². The van der Waals surface area contributed by atoms with Crippen LogP contribution in [0.15, 0.2) is 0 Å². The largest absolute Gasteiger partial charge is 0.338 e. The Morgan fingerprint density at radius 2 is 1.56 bits per heavy atom. The Hall–Kier alpha value is 0.310. The van der Waals surface area contributed by atoms with E-state index in [1.165, 1.54) is 38.5 Å². The van der Waals surface area contributed by atoms with Gasteiger partial charge in [-0.15, -0.1) is 0 Å². The highest BCUT2D eigenvalue weighted by Gasteiger charge is 2.02. The van der Waals surface area contributed by atoms with Crippen LogP contribution in [0.1, 0.15) is 65.2 Å². The first-order valence-electron chi connectivity index (χ1n) is 6.66. The van der Waals surface area contributed by atoms with Crippen molar-refractivity contribution in [3.63, 3.8) is 0 Å². The van der Waals surface area contributed by atoms with Crippen LogP contribution in [0, 0.1) is 0 Å². The van der Waals surface area contributed by atoms with Crippen molar-refractivity contribution in [1.82, 2.24) is 5.09 Å². The van der Waals surface area contributed by atoms with Crippen LogP contribution >= 0.6 is 8.53 Å². The molecule has 0 bridgehead atoms. The molecule has 0 aliphatic carbocycles. The number of hydrogen-bond acceptors (Lipinski definition) is 3. The molecule has 0 aromatic heterocycles. The van der Waals surface area contributed by atoms with E-state index in [1.807, 2.05) is 0 Å². The van der Waals surface area contributed by atoms with Crippen LogP contribution < -0.4 is 5.09 Å². The second-order valence-electron chi connectivity index (χ2n) is 4.14. The Balaban J connectivity index is 3.08. The third-order valence-electron chi connectivity index (χ3n) is 2.49. The van der Waals surface area contributed by atoms with Crippen molar-refractivity contribution in [2.45, 2.75) is 65.2 Å². The van der Waals surface area contributed by atoms with Crippen LogP contribution in [0.5, 0.6) is 0 Å². The summed E-state index contributed by atoms with van der Waals surface area (Å²) in [6, 6.07) is 0. The van der Waals surface area contributed by atoms with Crippen LogP contribution in [-0.2, 0) is 4.52 Å². The van der Waals surface area contributed by atoms with Gasteiger partial charge >= 0.3 is 0 Å². The lowest BCUT2D eigenvalue weighted by Crippen LogP contribution is -2.10. The second-order valence-corrected chi connectivity index (χ2v) is 5.26. The van der Waals surface area contributed by atoms with Gasteiger partial charge in [0, 0.05) is 6.54 Å². The smallest absolute Gasteiger partial charge is 0.253 e. The molecule has 0 radical (unpaired) electrons. The minimum absolute atomic E-state index is 0.679. The van der Waals surface area contributed by atoms with Gasteiger partial charge in [-0.25, -0.2) is 0 Å². The zero-order chi connectivity index (χ0) is 12.1. The molecule has 4 heteroatoms. The van der Waals surface area contributed by atoms with Crippen molar-refractivity contribution in [3.8, 4) is 0 Å². The molecule has 1 atom stereocenters. The highest BCUT2D eigenvalue weighted by molar-refractivity contribution is 7.43. The second kappa shape index (κ2) is 13.4. The van der Waals surface area contributed by atoms with Crippen LogP contribution in [0.25, 0.3) is 0 Å². The fraction of sp³-hybridized carbons (Fsp3) is 1.00.